The first-order chi connectivity index (χ1) is 14.2. The Morgan fingerprint density at radius 1 is 1.13 bits per heavy atom. The topological polar surface area (TPSA) is 91.4 Å². The lowest BCUT2D eigenvalue weighted by atomic mass is 10.0. The molecule has 2 N–H and O–H groups in total. The van der Waals surface area contributed by atoms with Crippen molar-refractivity contribution in [1.29, 1.82) is 0 Å². The van der Waals surface area contributed by atoms with Crippen molar-refractivity contribution in [2.45, 2.75) is 45.2 Å². The van der Waals surface area contributed by atoms with Gasteiger partial charge in [0.15, 0.2) is 0 Å². The third-order valence-electron chi connectivity index (χ3n) is 4.72. The van der Waals surface area contributed by atoms with E-state index >= 15 is 0 Å². The molecule has 9 heteroatoms. The van der Waals surface area contributed by atoms with Crippen molar-refractivity contribution < 1.29 is 17.6 Å². The third-order valence-corrected chi connectivity index (χ3v) is 6.20. The molecule has 0 radical (unpaired) electrons. The van der Waals surface area contributed by atoms with Crippen molar-refractivity contribution in [3.8, 4) is 0 Å². The van der Waals surface area contributed by atoms with Crippen LogP contribution in [-0.4, -0.2) is 38.4 Å². The normalized spacial score (nSPS) is 12.6. The van der Waals surface area contributed by atoms with Crippen LogP contribution in [0.3, 0.4) is 0 Å². The summed E-state index contributed by atoms with van der Waals surface area (Å²) < 4.78 is 41.4. The molecule has 164 valence electrons. The maximum Gasteiger partial charge on any atom is 0.244 e. The van der Waals surface area contributed by atoms with E-state index in [0.717, 1.165) is 36.6 Å². The number of amides is 1. The fourth-order valence-corrected chi connectivity index (χ4v) is 4.36. The summed E-state index contributed by atoms with van der Waals surface area (Å²) in [5, 5.41) is 2.73. The van der Waals surface area contributed by atoms with Gasteiger partial charge >= 0.3 is 0 Å². The monoisotopic (exact) mass is 436 g/mol. The van der Waals surface area contributed by atoms with Crippen LogP contribution in [0.15, 0.2) is 47.5 Å². The molecule has 0 fully saturated rings. The molecule has 7 nitrogen and oxygen atoms in total. The number of anilines is 1. The lowest BCUT2D eigenvalue weighted by Crippen LogP contribution is -2.49. The van der Waals surface area contributed by atoms with Crippen molar-refractivity contribution in [2.75, 3.05) is 18.0 Å². The Balaban J connectivity index is 2.07. The van der Waals surface area contributed by atoms with Crippen molar-refractivity contribution in [3.05, 3.63) is 54.0 Å². The second kappa shape index (κ2) is 10.5. The molecule has 1 aromatic carbocycles. The predicted molar refractivity (Wildman–Crippen MR) is 115 cm³/mol. The molecule has 1 aromatic heterocycles. The number of benzene rings is 1. The Labute approximate surface area is 177 Å². The van der Waals surface area contributed by atoms with Crippen LogP contribution in [-0.2, 0) is 21.4 Å². The first kappa shape index (κ1) is 23.8. The van der Waals surface area contributed by atoms with Crippen LogP contribution < -0.4 is 14.9 Å². The zero-order valence-corrected chi connectivity index (χ0v) is 18.5. The summed E-state index contributed by atoms with van der Waals surface area (Å²) in [5.41, 5.74) is 0.790. The molecule has 0 saturated carbocycles. The summed E-state index contributed by atoms with van der Waals surface area (Å²) in [5.74, 6) is -0.840. The van der Waals surface area contributed by atoms with Crippen molar-refractivity contribution in [2.24, 2.45) is 5.92 Å². The fourth-order valence-electron chi connectivity index (χ4n) is 2.94. The number of nitrogens with one attached hydrogen (secondary N) is 2. The molecule has 0 unspecified atom stereocenters. The van der Waals surface area contributed by atoms with E-state index < -0.39 is 32.7 Å². The average molecular weight is 437 g/mol. The van der Waals surface area contributed by atoms with Gasteiger partial charge < -0.3 is 10.2 Å². The minimum absolute atomic E-state index is 0.203. The fraction of sp³-hybridized carbons (Fsp3) is 0.429. The molecule has 0 aliphatic carbocycles. The van der Waals surface area contributed by atoms with E-state index in [1.54, 1.807) is 20.0 Å². The highest BCUT2D eigenvalue weighted by Crippen LogP contribution is 2.16. The minimum atomic E-state index is -4.19. The van der Waals surface area contributed by atoms with Crippen LogP contribution in [0.25, 0.3) is 0 Å². The van der Waals surface area contributed by atoms with Gasteiger partial charge in [0.25, 0.3) is 0 Å². The van der Waals surface area contributed by atoms with Crippen molar-refractivity contribution in [1.82, 2.24) is 15.0 Å². The van der Waals surface area contributed by atoms with Gasteiger partial charge in [-0.1, -0.05) is 32.0 Å². The number of carbonyl (C=O) groups excluding carboxylic acids is 1. The zero-order chi connectivity index (χ0) is 22.3. The van der Waals surface area contributed by atoms with Gasteiger partial charge in [-0.05, 0) is 43.5 Å². The highest BCUT2D eigenvalue weighted by atomic mass is 32.2. The number of aromatic nitrogens is 1. The van der Waals surface area contributed by atoms with Crippen LogP contribution in [0, 0.1) is 11.7 Å². The van der Waals surface area contributed by atoms with E-state index in [0.29, 0.717) is 0 Å². The van der Waals surface area contributed by atoms with Gasteiger partial charge in [-0.3, -0.25) is 4.79 Å². The van der Waals surface area contributed by atoms with E-state index in [2.05, 4.69) is 19.9 Å². The van der Waals surface area contributed by atoms with Crippen molar-refractivity contribution >= 4 is 21.7 Å². The van der Waals surface area contributed by atoms with Gasteiger partial charge in [-0.25, -0.2) is 17.8 Å². The Morgan fingerprint density at radius 3 is 2.33 bits per heavy atom. The highest BCUT2D eigenvalue weighted by Gasteiger charge is 2.29. The number of pyridine rings is 1. The number of nitrogens with zero attached hydrogens (tertiary/aromatic N) is 2. The molecule has 0 bridgehead atoms. The zero-order valence-electron chi connectivity index (χ0n) is 17.7. The van der Waals surface area contributed by atoms with E-state index in [1.807, 2.05) is 26.0 Å². The molecule has 2 rings (SSSR count). The molecule has 0 aliphatic heterocycles. The number of sulfonamides is 1. The molecule has 1 amide bonds. The third kappa shape index (κ3) is 5.99. The van der Waals surface area contributed by atoms with Crippen LogP contribution in [0.1, 0.15) is 33.3 Å². The van der Waals surface area contributed by atoms with Gasteiger partial charge in [0.1, 0.15) is 22.6 Å². The lowest BCUT2D eigenvalue weighted by molar-refractivity contribution is -0.123. The average Bonchev–Trinajstić information content (AvgIpc) is 2.72. The molecule has 2 aromatic rings. The van der Waals surface area contributed by atoms with Crippen molar-refractivity contribution in [3.63, 3.8) is 0 Å². The quantitative estimate of drug-likeness (QED) is 0.598. The Kier molecular flexibility index (Phi) is 8.31. The molecular weight excluding hydrogens is 407 g/mol. The molecular formula is C21H29FN4O3S. The molecule has 0 aliphatic rings. The SMILES string of the molecule is CCN(CC)c1ccc(CNC(=O)[C@@H](NS(=O)(=O)c2ccccc2F)C(C)C)cn1. The number of rotatable bonds is 10. The van der Waals surface area contributed by atoms with E-state index in [4.69, 9.17) is 0 Å². The van der Waals surface area contributed by atoms with E-state index in [-0.39, 0.29) is 12.5 Å². The highest BCUT2D eigenvalue weighted by molar-refractivity contribution is 7.89. The Bertz CT molecular complexity index is 945. The molecule has 0 saturated heterocycles. The molecule has 0 spiro atoms. The van der Waals surface area contributed by atoms with Crippen LogP contribution in [0.4, 0.5) is 10.2 Å². The van der Waals surface area contributed by atoms with Crippen LogP contribution in [0.2, 0.25) is 0 Å². The van der Waals surface area contributed by atoms with Gasteiger partial charge in [0.05, 0.1) is 0 Å². The Morgan fingerprint density at radius 2 is 1.80 bits per heavy atom. The summed E-state index contributed by atoms with van der Waals surface area (Å²) in [6, 6.07) is 7.77. The standard InChI is InChI=1S/C21H29FN4O3S/c1-5-26(6-2)19-12-11-16(13-23-19)14-24-21(27)20(15(3)4)25-30(28,29)18-10-8-7-9-17(18)22/h7-13,15,20,25H,5-6,14H2,1-4H3,(H,24,27)/t20-/m0/s1. The lowest BCUT2D eigenvalue weighted by Gasteiger charge is -2.22. The van der Waals surface area contributed by atoms with Gasteiger partial charge in [-0.15, -0.1) is 0 Å². The smallest absolute Gasteiger partial charge is 0.244 e. The van der Waals surface area contributed by atoms with Gasteiger partial charge in [0, 0.05) is 25.8 Å². The summed E-state index contributed by atoms with van der Waals surface area (Å²) in [6.45, 7) is 9.43. The summed E-state index contributed by atoms with van der Waals surface area (Å²) in [7, 11) is -4.19. The molecule has 1 atom stereocenters. The van der Waals surface area contributed by atoms with Crippen LogP contribution >= 0.6 is 0 Å². The number of hydrogen-bond acceptors (Lipinski definition) is 5. The Hall–Kier alpha value is -2.52. The maximum absolute atomic E-state index is 13.9. The summed E-state index contributed by atoms with van der Waals surface area (Å²) in [6.07, 6.45) is 1.68. The maximum atomic E-state index is 13.9. The first-order valence-corrected chi connectivity index (χ1v) is 11.4. The number of carbonyl (C=O) groups is 1. The number of hydrogen-bond donors (Lipinski definition) is 2. The summed E-state index contributed by atoms with van der Waals surface area (Å²) >= 11 is 0. The van der Waals surface area contributed by atoms with Gasteiger partial charge in [-0.2, -0.15) is 4.72 Å². The minimum Gasteiger partial charge on any atom is -0.357 e. The number of halogens is 1. The largest absolute Gasteiger partial charge is 0.357 e. The first-order valence-electron chi connectivity index (χ1n) is 9.94. The molecule has 1 heterocycles. The second-order valence-corrected chi connectivity index (χ2v) is 8.87. The van der Waals surface area contributed by atoms with E-state index in [9.17, 15) is 17.6 Å². The predicted octanol–water partition coefficient (Wildman–Crippen LogP) is 2.69. The summed E-state index contributed by atoms with van der Waals surface area (Å²) in [4.78, 5) is 18.7. The van der Waals surface area contributed by atoms with E-state index in [1.165, 1.54) is 12.1 Å². The van der Waals surface area contributed by atoms with Gasteiger partial charge in [0.2, 0.25) is 15.9 Å². The molecule has 30 heavy (non-hydrogen) atoms. The van der Waals surface area contributed by atoms with Crippen LogP contribution in [0.5, 0.6) is 0 Å². The second-order valence-electron chi connectivity index (χ2n) is 7.19.